The molecule has 0 heterocycles. The summed E-state index contributed by atoms with van der Waals surface area (Å²) in [6.45, 7) is 1.48. The van der Waals surface area contributed by atoms with Crippen molar-refractivity contribution in [3.8, 4) is 5.75 Å². The maximum absolute atomic E-state index is 13.4. The van der Waals surface area contributed by atoms with Crippen LogP contribution in [0.15, 0.2) is 82.2 Å². The average Bonchev–Trinajstić information content (AvgIpc) is 2.72. The molecule has 8 heteroatoms. The molecular formula is C22H21BrN2O4S. The normalized spacial score (nSPS) is 11.0. The first kappa shape index (κ1) is 21.9. The number of carbonyl (C=O) groups excluding carboxylic acids is 1. The third-order valence-corrected chi connectivity index (χ3v) is 6.63. The highest BCUT2D eigenvalue weighted by Gasteiger charge is 2.27. The van der Waals surface area contributed by atoms with Crippen LogP contribution in [0.5, 0.6) is 5.75 Å². The standard InChI is InChI=1S/C22H21BrN2O4S/c1-16-9-11-21(12-10-16)30(27,28)25(19-7-4-8-20(14-19)29-2)15-22(26)24-18-6-3-5-17(23)13-18/h3-14H,15H2,1-2H3,(H,24,26). The van der Waals surface area contributed by atoms with Crippen LogP contribution in [0.3, 0.4) is 0 Å². The minimum atomic E-state index is -3.98. The molecule has 1 N–H and O–H groups in total. The molecule has 0 aliphatic carbocycles. The van der Waals surface area contributed by atoms with Gasteiger partial charge in [0.25, 0.3) is 10.0 Å². The van der Waals surface area contributed by atoms with Gasteiger partial charge in [-0.25, -0.2) is 8.42 Å². The molecule has 6 nitrogen and oxygen atoms in total. The average molecular weight is 489 g/mol. The van der Waals surface area contributed by atoms with Crippen molar-refractivity contribution < 1.29 is 17.9 Å². The highest BCUT2D eigenvalue weighted by Crippen LogP contribution is 2.27. The number of hydrogen-bond donors (Lipinski definition) is 1. The number of anilines is 2. The van der Waals surface area contributed by atoms with Gasteiger partial charge in [0.2, 0.25) is 5.91 Å². The van der Waals surface area contributed by atoms with Crippen LogP contribution in [0.1, 0.15) is 5.56 Å². The van der Waals surface area contributed by atoms with Crippen LogP contribution in [-0.4, -0.2) is 28.0 Å². The Labute approximate surface area is 184 Å². The number of methoxy groups -OCH3 is 1. The van der Waals surface area contributed by atoms with Gasteiger partial charge in [0.15, 0.2) is 0 Å². The lowest BCUT2D eigenvalue weighted by molar-refractivity contribution is -0.114. The predicted molar refractivity (Wildman–Crippen MR) is 121 cm³/mol. The van der Waals surface area contributed by atoms with E-state index in [2.05, 4.69) is 21.2 Å². The Balaban J connectivity index is 1.96. The van der Waals surface area contributed by atoms with Gasteiger partial charge < -0.3 is 10.1 Å². The largest absolute Gasteiger partial charge is 0.497 e. The van der Waals surface area contributed by atoms with Crippen LogP contribution in [0.2, 0.25) is 0 Å². The summed E-state index contributed by atoms with van der Waals surface area (Å²) in [6, 6.07) is 20.2. The molecule has 3 aromatic carbocycles. The fourth-order valence-corrected chi connectivity index (χ4v) is 4.63. The first-order valence-electron chi connectivity index (χ1n) is 9.08. The lowest BCUT2D eigenvalue weighted by Crippen LogP contribution is -2.38. The smallest absolute Gasteiger partial charge is 0.264 e. The van der Waals surface area contributed by atoms with Gasteiger partial charge in [0.05, 0.1) is 17.7 Å². The summed E-state index contributed by atoms with van der Waals surface area (Å²) in [5, 5.41) is 2.74. The Bertz CT molecular complexity index is 1150. The molecule has 30 heavy (non-hydrogen) atoms. The van der Waals surface area contributed by atoms with Crippen molar-refractivity contribution >= 4 is 43.2 Å². The lowest BCUT2D eigenvalue weighted by Gasteiger charge is -2.24. The molecule has 3 rings (SSSR count). The van der Waals surface area contributed by atoms with Gasteiger partial charge in [0, 0.05) is 16.2 Å². The van der Waals surface area contributed by atoms with Crippen molar-refractivity contribution in [3.05, 3.63) is 82.8 Å². The van der Waals surface area contributed by atoms with E-state index < -0.39 is 22.5 Å². The van der Waals surface area contributed by atoms with E-state index in [9.17, 15) is 13.2 Å². The van der Waals surface area contributed by atoms with Crippen LogP contribution in [-0.2, 0) is 14.8 Å². The topological polar surface area (TPSA) is 75.7 Å². The first-order valence-corrected chi connectivity index (χ1v) is 11.3. The summed E-state index contributed by atoms with van der Waals surface area (Å²) in [4.78, 5) is 12.8. The summed E-state index contributed by atoms with van der Waals surface area (Å²) in [7, 11) is -2.49. The Morgan fingerprint density at radius 3 is 2.40 bits per heavy atom. The molecule has 1 amide bonds. The number of nitrogens with zero attached hydrogens (tertiary/aromatic N) is 1. The zero-order valence-corrected chi connectivity index (χ0v) is 18.9. The first-order chi connectivity index (χ1) is 14.3. The van der Waals surface area contributed by atoms with Crippen LogP contribution < -0.4 is 14.4 Å². The van der Waals surface area contributed by atoms with Crippen molar-refractivity contribution in [1.82, 2.24) is 0 Å². The summed E-state index contributed by atoms with van der Waals surface area (Å²) in [5.41, 5.74) is 1.83. The van der Waals surface area contributed by atoms with Crippen LogP contribution in [0, 0.1) is 6.92 Å². The van der Waals surface area contributed by atoms with E-state index in [-0.39, 0.29) is 4.90 Å². The van der Waals surface area contributed by atoms with Gasteiger partial charge >= 0.3 is 0 Å². The van der Waals surface area contributed by atoms with Gasteiger partial charge in [0.1, 0.15) is 12.3 Å². The van der Waals surface area contributed by atoms with Crippen molar-refractivity contribution in [2.45, 2.75) is 11.8 Å². The molecule has 0 fully saturated rings. The van der Waals surface area contributed by atoms with Gasteiger partial charge in [-0.15, -0.1) is 0 Å². The van der Waals surface area contributed by atoms with Gasteiger partial charge in [-0.1, -0.05) is 45.8 Å². The van der Waals surface area contributed by atoms with E-state index in [1.165, 1.54) is 19.2 Å². The molecule has 0 radical (unpaired) electrons. The zero-order chi connectivity index (χ0) is 21.7. The number of rotatable bonds is 7. The van der Waals surface area contributed by atoms with E-state index in [0.717, 1.165) is 14.3 Å². The second-order valence-corrected chi connectivity index (χ2v) is 9.36. The van der Waals surface area contributed by atoms with Crippen molar-refractivity contribution in [1.29, 1.82) is 0 Å². The van der Waals surface area contributed by atoms with Crippen LogP contribution >= 0.6 is 15.9 Å². The lowest BCUT2D eigenvalue weighted by atomic mass is 10.2. The van der Waals surface area contributed by atoms with Gasteiger partial charge in [-0.2, -0.15) is 0 Å². The molecule has 0 aliphatic rings. The van der Waals surface area contributed by atoms with Gasteiger partial charge in [-0.3, -0.25) is 9.10 Å². The summed E-state index contributed by atoms with van der Waals surface area (Å²) >= 11 is 3.35. The molecule has 3 aromatic rings. The van der Waals surface area contributed by atoms with E-state index in [1.807, 2.05) is 13.0 Å². The molecule has 0 atom stereocenters. The van der Waals surface area contributed by atoms with Crippen molar-refractivity contribution in [3.63, 3.8) is 0 Å². The summed E-state index contributed by atoms with van der Waals surface area (Å²) in [6.07, 6.45) is 0. The molecule has 0 unspecified atom stereocenters. The maximum Gasteiger partial charge on any atom is 0.264 e. The number of carbonyl (C=O) groups is 1. The molecule has 0 saturated heterocycles. The van der Waals surface area contributed by atoms with E-state index in [0.29, 0.717) is 17.1 Å². The number of amides is 1. The molecule has 0 saturated carbocycles. The minimum absolute atomic E-state index is 0.103. The van der Waals surface area contributed by atoms with Crippen LogP contribution in [0.25, 0.3) is 0 Å². The number of hydrogen-bond acceptors (Lipinski definition) is 4. The van der Waals surface area contributed by atoms with Crippen molar-refractivity contribution in [2.24, 2.45) is 0 Å². The van der Waals surface area contributed by atoms with Crippen LogP contribution in [0.4, 0.5) is 11.4 Å². The Kier molecular flexibility index (Phi) is 6.79. The third kappa shape index (κ3) is 5.20. The summed E-state index contributed by atoms with van der Waals surface area (Å²) in [5.74, 6) is 0.0237. The Morgan fingerprint density at radius 1 is 1.03 bits per heavy atom. The second-order valence-electron chi connectivity index (χ2n) is 6.58. The minimum Gasteiger partial charge on any atom is -0.497 e. The predicted octanol–water partition coefficient (Wildman–Crippen LogP) is 4.60. The number of ether oxygens (including phenoxy) is 1. The monoisotopic (exact) mass is 488 g/mol. The SMILES string of the molecule is COc1cccc(N(CC(=O)Nc2cccc(Br)c2)S(=O)(=O)c2ccc(C)cc2)c1. The molecule has 0 aromatic heterocycles. The highest BCUT2D eigenvalue weighted by molar-refractivity contribution is 9.10. The molecular weight excluding hydrogens is 468 g/mol. The Hall–Kier alpha value is -2.84. The molecule has 0 spiro atoms. The van der Waals surface area contributed by atoms with E-state index in [4.69, 9.17) is 4.74 Å². The van der Waals surface area contributed by atoms with E-state index >= 15 is 0 Å². The summed E-state index contributed by atoms with van der Waals surface area (Å²) < 4.78 is 33.9. The van der Waals surface area contributed by atoms with Crippen molar-refractivity contribution in [2.75, 3.05) is 23.3 Å². The number of halogens is 1. The number of nitrogens with one attached hydrogen (secondary N) is 1. The third-order valence-electron chi connectivity index (χ3n) is 4.35. The molecule has 0 bridgehead atoms. The number of benzene rings is 3. The second kappa shape index (κ2) is 9.32. The van der Waals surface area contributed by atoms with E-state index in [1.54, 1.807) is 54.6 Å². The fraction of sp³-hybridized carbons (Fsp3) is 0.136. The molecule has 0 aliphatic heterocycles. The maximum atomic E-state index is 13.4. The zero-order valence-electron chi connectivity index (χ0n) is 16.5. The number of aryl methyl sites for hydroxylation is 1. The fourth-order valence-electron chi connectivity index (χ4n) is 2.82. The van der Waals surface area contributed by atoms with Gasteiger partial charge in [-0.05, 0) is 49.4 Å². The molecule has 156 valence electrons. The number of sulfonamides is 1. The Morgan fingerprint density at radius 2 is 1.73 bits per heavy atom. The highest BCUT2D eigenvalue weighted by atomic mass is 79.9. The quantitative estimate of drug-likeness (QED) is 0.527.